The molecule has 0 aromatic carbocycles. The third-order valence-electron chi connectivity index (χ3n) is 2.27. The van der Waals surface area contributed by atoms with E-state index in [0.717, 1.165) is 0 Å². The monoisotopic (exact) mass is 258 g/mol. The van der Waals surface area contributed by atoms with Crippen molar-refractivity contribution in [2.24, 2.45) is 0 Å². The maximum absolute atomic E-state index is 10.4. The van der Waals surface area contributed by atoms with Gasteiger partial charge in [-0.15, -0.1) is 0 Å². The summed E-state index contributed by atoms with van der Waals surface area (Å²) in [6.07, 6.45) is 1.73. The Morgan fingerprint density at radius 1 is 0.722 bits per heavy atom. The highest BCUT2D eigenvalue weighted by Crippen LogP contribution is 1.95. The van der Waals surface area contributed by atoms with Crippen LogP contribution in [0.2, 0.25) is 0 Å². The van der Waals surface area contributed by atoms with Crippen LogP contribution in [-0.4, -0.2) is 85.4 Å². The summed E-state index contributed by atoms with van der Waals surface area (Å²) in [5.41, 5.74) is 0. The van der Waals surface area contributed by atoms with Gasteiger partial charge in [0.25, 0.3) is 0 Å². The number of aliphatic hydroxyl groups excluding tert-OH is 1. The number of nitrogens with zero attached hydrogens (tertiary/aromatic N) is 2. The molecule has 18 heavy (non-hydrogen) atoms. The molecule has 7 nitrogen and oxygen atoms in total. The van der Waals surface area contributed by atoms with Crippen LogP contribution in [0.3, 0.4) is 0 Å². The molecule has 0 fully saturated rings. The molecule has 0 unspecified atom stereocenters. The molecule has 0 aliphatic rings. The maximum atomic E-state index is 10.4. The Balaban J connectivity index is 4.20. The van der Waals surface area contributed by atoms with E-state index in [1.54, 1.807) is 0 Å². The van der Waals surface area contributed by atoms with E-state index in [1.165, 1.54) is 9.80 Å². The van der Waals surface area contributed by atoms with Crippen molar-refractivity contribution in [3.05, 3.63) is 0 Å². The lowest BCUT2D eigenvalue weighted by Crippen LogP contribution is -2.42. The van der Waals surface area contributed by atoms with E-state index in [4.69, 9.17) is 0 Å². The Bertz CT molecular complexity index is 226. The molecule has 0 saturated carbocycles. The molecule has 0 heterocycles. The van der Waals surface area contributed by atoms with Gasteiger partial charge in [0.15, 0.2) is 0 Å². The molecule has 1 N–H and O–H groups in total. The number of hydrogen-bond donors (Lipinski definition) is 1. The molecular weight excluding hydrogens is 240 g/mol. The van der Waals surface area contributed by atoms with Gasteiger partial charge >= 0.3 is 0 Å². The molecule has 0 aromatic heterocycles. The van der Waals surface area contributed by atoms with Gasteiger partial charge in [-0.25, -0.2) is 0 Å². The molecule has 0 amide bonds. The first-order chi connectivity index (χ1) is 8.67. The number of carbonyl (C=O) groups is 4. The van der Waals surface area contributed by atoms with Crippen molar-refractivity contribution < 1.29 is 24.3 Å². The third kappa shape index (κ3) is 7.77. The van der Waals surface area contributed by atoms with Gasteiger partial charge in [-0.3, -0.25) is 9.80 Å². The summed E-state index contributed by atoms with van der Waals surface area (Å²) in [5, 5.41) is 9.75. The number of aliphatic hydroxyl groups is 1. The van der Waals surface area contributed by atoms with Crippen LogP contribution >= 0.6 is 0 Å². The van der Waals surface area contributed by atoms with Crippen LogP contribution in [-0.2, 0) is 19.2 Å². The summed E-state index contributed by atoms with van der Waals surface area (Å²) >= 11 is 0. The summed E-state index contributed by atoms with van der Waals surface area (Å²) in [7, 11) is 0. The Hall–Kier alpha value is -1.44. The molecule has 0 atom stereocenters. The van der Waals surface area contributed by atoms with Crippen LogP contribution in [0.4, 0.5) is 0 Å². The number of aldehydes is 4. The number of hydrogen-bond acceptors (Lipinski definition) is 7. The molecule has 7 heteroatoms. The lowest BCUT2D eigenvalue weighted by molar-refractivity contribution is -0.112. The zero-order valence-corrected chi connectivity index (χ0v) is 10.1. The molecule has 0 saturated heterocycles. The Kier molecular flexibility index (Phi) is 9.84. The van der Waals surface area contributed by atoms with Gasteiger partial charge in [-0.2, -0.15) is 0 Å². The van der Waals surface area contributed by atoms with Gasteiger partial charge in [0.05, 0.1) is 32.3 Å². The van der Waals surface area contributed by atoms with Crippen LogP contribution in [0.1, 0.15) is 0 Å². The van der Waals surface area contributed by atoms with Crippen LogP contribution < -0.4 is 0 Å². The minimum absolute atomic E-state index is 0.0527. The van der Waals surface area contributed by atoms with E-state index < -0.39 is 6.10 Å². The summed E-state index contributed by atoms with van der Waals surface area (Å²) in [6, 6.07) is 0. The Morgan fingerprint density at radius 2 is 1.00 bits per heavy atom. The molecular formula is C11H18N2O5. The summed E-state index contributed by atoms with van der Waals surface area (Å²) in [6.45, 7) is 0.472. The zero-order chi connectivity index (χ0) is 13.8. The highest BCUT2D eigenvalue weighted by Gasteiger charge is 2.14. The summed E-state index contributed by atoms with van der Waals surface area (Å²) in [5.74, 6) is 0. The van der Waals surface area contributed by atoms with E-state index in [9.17, 15) is 24.3 Å². The van der Waals surface area contributed by atoms with Crippen LogP contribution in [0.5, 0.6) is 0 Å². The first kappa shape index (κ1) is 16.6. The van der Waals surface area contributed by atoms with Crippen molar-refractivity contribution in [3.8, 4) is 0 Å². The molecule has 0 radical (unpaired) electrons. The second kappa shape index (κ2) is 10.7. The van der Waals surface area contributed by atoms with Crippen molar-refractivity contribution in [2.75, 3.05) is 39.3 Å². The van der Waals surface area contributed by atoms with E-state index in [2.05, 4.69) is 0 Å². The van der Waals surface area contributed by atoms with Gasteiger partial charge in [0, 0.05) is 13.1 Å². The largest absolute Gasteiger partial charge is 0.390 e. The fourth-order valence-electron chi connectivity index (χ4n) is 1.52. The smallest absolute Gasteiger partial charge is 0.133 e. The molecule has 0 aliphatic carbocycles. The average molecular weight is 258 g/mol. The van der Waals surface area contributed by atoms with Crippen molar-refractivity contribution in [1.82, 2.24) is 9.80 Å². The molecule has 0 spiro atoms. The van der Waals surface area contributed by atoms with Crippen LogP contribution in [0.25, 0.3) is 0 Å². The Labute approximate surface area is 105 Å². The number of carbonyl (C=O) groups excluding carboxylic acids is 4. The average Bonchev–Trinajstić information content (AvgIpc) is 2.30. The molecule has 102 valence electrons. The van der Waals surface area contributed by atoms with Crippen molar-refractivity contribution in [2.45, 2.75) is 6.10 Å². The standard InChI is InChI=1S/C11H18N2O5/c14-5-1-12(2-6-15)9-11(18)10-13(3-7-16)4-8-17/h5-8,11,18H,1-4,9-10H2. The highest BCUT2D eigenvalue weighted by atomic mass is 16.3. The quantitative estimate of drug-likeness (QED) is 0.395. The predicted molar refractivity (Wildman–Crippen MR) is 63.1 cm³/mol. The van der Waals surface area contributed by atoms with Gasteiger partial charge in [-0.1, -0.05) is 0 Å². The lowest BCUT2D eigenvalue weighted by atomic mass is 10.3. The van der Waals surface area contributed by atoms with E-state index >= 15 is 0 Å². The maximum Gasteiger partial charge on any atom is 0.133 e. The first-order valence-electron chi connectivity index (χ1n) is 5.55. The van der Waals surface area contributed by atoms with Gasteiger partial charge < -0.3 is 24.3 Å². The van der Waals surface area contributed by atoms with Crippen molar-refractivity contribution in [1.29, 1.82) is 0 Å². The summed E-state index contributed by atoms with van der Waals surface area (Å²) in [4.78, 5) is 44.4. The van der Waals surface area contributed by atoms with E-state index in [-0.39, 0.29) is 39.3 Å². The highest BCUT2D eigenvalue weighted by molar-refractivity contribution is 5.56. The summed E-state index contributed by atoms with van der Waals surface area (Å²) < 4.78 is 0. The molecule has 0 rings (SSSR count). The first-order valence-corrected chi connectivity index (χ1v) is 5.55. The third-order valence-corrected chi connectivity index (χ3v) is 2.27. The molecule has 0 aliphatic heterocycles. The SMILES string of the molecule is O=CCN(CC=O)CC(O)CN(CC=O)CC=O. The lowest BCUT2D eigenvalue weighted by Gasteiger charge is -2.25. The van der Waals surface area contributed by atoms with Crippen LogP contribution in [0, 0.1) is 0 Å². The fraction of sp³-hybridized carbons (Fsp3) is 0.636. The number of rotatable bonds is 12. The van der Waals surface area contributed by atoms with Crippen molar-refractivity contribution in [3.63, 3.8) is 0 Å². The van der Waals surface area contributed by atoms with Gasteiger partial charge in [-0.05, 0) is 0 Å². The van der Waals surface area contributed by atoms with Gasteiger partial charge in [0.2, 0.25) is 0 Å². The predicted octanol–water partition coefficient (Wildman–Crippen LogP) is -2.25. The molecule has 0 bridgehead atoms. The fourth-order valence-corrected chi connectivity index (χ4v) is 1.52. The topological polar surface area (TPSA) is 95.0 Å². The van der Waals surface area contributed by atoms with E-state index in [0.29, 0.717) is 25.1 Å². The van der Waals surface area contributed by atoms with E-state index in [1.807, 2.05) is 0 Å². The zero-order valence-electron chi connectivity index (χ0n) is 10.1. The van der Waals surface area contributed by atoms with Gasteiger partial charge in [0.1, 0.15) is 25.1 Å². The second-order valence-electron chi connectivity index (χ2n) is 3.76. The minimum Gasteiger partial charge on any atom is -0.390 e. The molecule has 0 aromatic rings. The second-order valence-corrected chi connectivity index (χ2v) is 3.76. The Morgan fingerprint density at radius 3 is 1.22 bits per heavy atom. The normalized spacial score (nSPS) is 10.9. The minimum atomic E-state index is -0.843. The van der Waals surface area contributed by atoms with Crippen molar-refractivity contribution >= 4 is 25.1 Å². The van der Waals surface area contributed by atoms with Crippen LogP contribution in [0.15, 0.2) is 0 Å².